The molecule has 1 aromatic carbocycles. The van der Waals surface area contributed by atoms with Gasteiger partial charge in [0.05, 0.1) is 19.6 Å². The Hall–Kier alpha value is -1.65. The molecule has 0 saturated heterocycles. The smallest absolute Gasteiger partial charge is 0.306 e. The summed E-state index contributed by atoms with van der Waals surface area (Å²) in [6, 6.07) is 7.70. The largest absolute Gasteiger partial charge is 0.466 e. The van der Waals surface area contributed by atoms with E-state index < -0.39 is 0 Å². The Balaban J connectivity index is 2.50. The SMILES string of the molecule is CCOC(=O)CCSc1ccccc1CN=[N+]=[N-]. The lowest BCUT2D eigenvalue weighted by atomic mass is 10.2. The molecule has 0 amide bonds. The fraction of sp³-hybridized carbons (Fsp3) is 0.417. The van der Waals surface area contributed by atoms with Gasteiger partial charge in [-0.3, -0.25) is 4.79 Å². The van der Waals surface area contributed by atoms with Crippen LogP contribution in [0, 0.1) is 0 Å². The van der Waals surface area contributed by atoms with Crippen molar-refractivity contribution < 1.29 is 9.53 Å². The van der Waals surface area contributed by atoms with Crippen LogP contribution in [-0.4, -0.2) is 18.3 Å². The summed E-state index contributed by atoms with van der Waals surface area (Å²) in [5.41, 5.74) is 9.29. The van der Waals surface area contributed by atoms with Gasteiger partial charge in [-0.1, -0.05) is 23.3 Å². The lowest BCUT2D eigenvalue weighted by molar-refractivity contribution is -0.142. The first kappa shape index (κ1) is 14.4. The summed E-state index contributed by atoms with van der Waals surface area (Å²) in [7, 11) is 0. The third kappa shape index (κ3) is 5.12. The third-order valence-corrected chi connectivity index (χ3v) is 3.26. The van der Waals surface area contributed by atoms with Crippen LogP contribution < -0.4 is 0 Å². The van der Waals surface area contributed by atoms with E-state index in [2.05, 4.69) is 10.0 Å². The molecule has 0 spiro atoms. The predicted octanol–water partition coefficient (Wildman–Crippen LogP) is 3.54. The monoisotopic (exact) mass is 265 g/mol. The summed E-state index contributed by atoms with van der Waals surface area (Å²) in [5.74, 6) is 0.476. The van der Waals surface area contributed by atoms with Crippen LogP contribution in [0.2, 0.25) is 0 Å². The van der Waals surface area contributed by atoms with Crippen LogP contribution in [0.5, 0.6) is 0 Å². The van der Waals surface area contributed by atoms with Gasteiger partial charge in [-0.2, -0.15) is 0 Å². The minimum absolute atomic E-state index is 0.183. The summed E-state index contributed by atoms with van der Waals surface area (Å²) in [4.78, 5) is 15.0. The van der Waals surface area contributed by atoms with Crippen LogP contribution in [0.4, 0.5) is 0 Å². The van der Waals surface area contributed by atoms with Gasteiger partial charge in [0.15, 0.2) is 0 Å². The highest BCUT2D eigenvalue weighted by Crippen LogP contribution is 2.24. The van der Waals surface area contributed by atoms with E-state index in [4.69, 9.17) is 10.3 Å². The molecule has 1 aromatic rings. The zero-order valence-electron chi connectivity index (χ0n) is 10.2. The lowest BCUT2D eigenvalue weighted by Gasteiger charge is -2.06. The molecule has 96 valence electrons. The zero-order chi connectivity index (χ0) is 13.2. The number of hydrogen-bond acceptors (Lipinski definition) is 4. The molecule has 6 heteroatoms. The first-order chi connectivity index (χ1) is 8.77. The van der Waals surface area contributed by atoms with Crippen molar-refractivity contribution >= 4 is 17.7 Å². The van der Waals surface area contributed by atoms with Crippen molar-refractivity contribution in [2.45, 2.75) is 24.8 Å². The van der Waals surface area contributed by atoms with E-state index in [9.17, 15) is 4.79 Å². The maximum Gasteiger partial charge on any atom is 0.306 e. The Morgan fingerprint density at radius 1 is 1.50 bits per heavy atom. The number of ether oxygens (including phenoxy) is 1. The minimum Gasteiger partial charge on any atom is -0.466 e. The van der Waals surface area contributed by atoms with Gasteiger partial charge in [0.1, 0.15) is 0 Å². The highest BCUT2D eigenvalue weighted by Gasteiger charge is 2.05. The Labute approximate surface area is 110 Å². The van der Waals surface area contributed by atoms with Crippen molar-refractivity contribution in [2.24, 2.45) is 5.11 Å². The van der Waals surface area contributed by atoms with Crippen LogP contribution in [0.3, 0.4) is 0 Å². The van der Waals surface area contributed by atoms with Crippen LogP contribution in [0.25, 0.3) is 10.4 Å². The quantitative estimate of drug-likeness (QED) is 0.249. The fourth-order valence-electron chi connectivity index (χ4n) is 1.36. The van der Waals surface area contributed by atoms with E-state index >= 15 is 0 Å². The van der Waals surface area contributed by atoms with Gasteiger partial charge >= 0.3 is 5.97 Å². The standard InChI is InChI=1S/C12H15N3O2S/c1-2-17-12(16)7-8-18-11-6-4-3-5-10(11)9-14-15-13/h3-6H,2,7-9H2,1H3. The van der Waals surface area contributed by atoms with E-state index in [0.29, 0.717) is 25.3 Å². The molecule has 0 aliphatic rings. The second-order valence-electron chi connectivity index (χ2n) is 3.40. The number of nitrogens with zero attached hydrogens (tertiary/aromatic N) is 3. The summed E-state index contributed by atoms with van der Waals surface area (Å²) >= 11 is 1.57. The Morgan fingerprint density at radius 3 is 3.00 bits per heavy atom. The first-order valence-corrected chi connectivity index (χ1v) is 6.63. The second-order valence-corrected chi connectivity index (χ2v) is 4.54. The van der Waals surface area contributed by atoms with Crippen LogP contribution in [-0.2, 0) is 16.1 Å². The molecule has 5 nitrogen and oxygen atoms in total. The summed E-state index contributed by atoms with van der Waals surface area (Å²) in [5, 5.41) is 3.55. The molecule has 18 heavy (non-hydrogen) atoms. The number of rotatable bonds is 7. The normalized spacial score (nSPS) is 9.61. The lowest BCUT2D eigenvalue weighted by Crippen LogP contribution is -2.04. The van der Waals surface area contributed by atoms with Gasteiger partial charge in [-0.25, -0.2) is 0 Å². The van der Waals surface area contributed by atoms with E-state index in [1.165, 1.54) is 0 Å². The van der Waals surface area contributed by atoms with Crippen molar-refractivity contribution in [3.05, 3.63) is 40.3 Å². The second kappa shape index (κ2) is 8.44. The van der Waals surface area contributed by atoms with Gasteiger partial charge in [-0.15, -0.1) is 11.8 Å². The van der Waals surface area contributed by atoms with Crippen molar-refractivity contribution in [1.82, 2.24) is 0 Å². The molecule has 0 fully saturated rings. The highest BCUT2D eigenvalue weighted by molar-refractivity contribution is 7.99. The van der Waals surface area contributed by atoms with E-state index in [0.717, 1.165) is 10.5 Å². The molecule has 0 aliphatic heterocycles. The highest BCUT2D eigenvalue weighted by atomic mass is 32.2. The van der Waals surface area contributed by atoms with E-state index in [-0.39, 0.29) is 5.97 Å². The maximum absolute atomic E-state index is 11.2. The molecule has 0 atom stereocenters. The number of thioether (sulfide) groups is 1. The topological polar surface area (TPSA) is 75.1 Å². The van der Waals surface area contributed by atoms with Gasteiger partial charge < -0.3 is 4.74 Å². The first-order valence-electron chi connectivity index (χ1n) is 5.65. The van der Waals surface area contributed by atoms with Crippen LogP contribution in [0.1, 0.15) is 18.9 Å². The average Bonchev–Trinajstić information content (AvgIpc) is 2.38. The molecule has 0 saturated carbocycles. The van der Waals surface area contributed by atoms with Gasteiger partial charge in [0.25, 0.3) is 0 Å². The molecular weight excluding hydrogens is 250 g/mol. The number of benzene rings is 1. The number of hydrogen-bond donors (Lipinski definition) is 0. The summed E-state index contributed by atoms with van der Waals surface area (Å²) < 4.78 is 4.86. The van der Waals surface area contributed by atoms with Crippen LogP contribution >= 0.6 is 11.8 Å². The van der Waals surface area contributed by atoms with Gasteiger partial charge in [0, 0.05) is 15.6 Å². The zero-order valence-corrected chi connectivity index (χ0v) is 11.0. The Morgan fingerprint density at radius 2 is 2.28 bits per heavy atom. The predicted molar refractivity (Wildman–Crippen MR) is 71.3 cm³/mol. The molecular formula is C12H15N3O2S. The minimum atomic E-state index is -0.183. The van der Waals surface area contributed by atoms with Crippen molar-refractivity contribution in [1.29, 1.82) is 0 Å². The Bertz CT molecular complexity index is 445. The maximum atomic E-state index is 11.2. The molecule has 0 aromatic heterocycles. The van der Waals surface area contributed by atoms with E-state index in [1.54, 1.807) is 18.7 Å². The number of carbonyl (C=O) groups excluding carboxylic acids is 1. The fourth-order valence-corrected chi connectivity index (χ4v) is 2.34. The molecule has 0 unspecified atom stereocenters. The molecule has 0 radical (unpaired) electrons. The molecule has 0 aliphatic carbocycles. The van der Waals surface area contributed by atoms with Crippen LogP contribution in [0.15, 0.2) is 34.3 Å². The van der Waals surface area contributed by atoms with E-state index in [1.807, 2.05) is 24.3 Å². The van der Waals surface area contributed by atoms with Crippen molar-refractivity contribution in [3.63, 3.8) is 0 Å². The average molecular weight is 265 g/mol. The summed E-state index contributed by atoms with van der Waals surface area (Å²) in [6.07, 6.45) is 0.383. The Kier molecular flexibility index (Phi) is 6.76. The molecule has 0 bridgehead atoms. The number of carbonyl (C=O) groups is 1. The van der Waals surface area contributed by atoms with Gasteiger partial charge in [0.2, 0.25) is 0 Å². The summed E-state index contributed by atoms with van der Waals surface area (Å²) in [6.45, 7) is 2.54. The third-order valence-electron chi connectivity index (χ3n) is 2.15. The molecule has 0 heterocycles. The van der Waals surface area contributed by atoms with Crippen molar-refractivity contribution in [2.75, 3.05) is 12.4 Å². The van der Waals surface area contributed by atoms with Gasteiger partial charge in [-0.05, 0) is 24.1 Å². The number of azide groups is 1. The molecule has 0 N–H and O–H groups in total. The van der Waals surface area contributed by atoms with Crippen molar-refractivity contribution in [3.8, 4) is 0 Å². The molecule has 1 rings (SSSR count). The number of esters is 1.